The Morgan fingerprint density at radius 2 is 2.15 bits per heavy atom. The van der Waals surface area contributed by atoms with Gasteiger partial charge in [0, 0.05) is 5.56 Å². The highest BCUT2D eigenvalue weighted by atomic mass is 16.6. The van der Waals surface area contributed by atoms with E-state index in [2.05, 4.69) is 14.7 Å². The fraction of sp³-hybridized carbons (Fsp3) is 0.562. The Balaban J connectivity index is 1.90. The molecule has 10 heteroatoms. The van der Waals surface area contributed by atoms with Crippen LogP contribution in [0.1, 0.15) is 5.56 Å². The molecule has 0 spiro atoms. The van der Waals surface area contributed by atoms with Gasteiger partial charge in [-0.2, -0.15) is 0 Å². The predicted molar refractivity (Wildman–Crippen MR) is 90.1 cm³/mol. The maximum absolute atomic E-state index is 11.4. The monoisotopic (exact) mass is 366 g/mol. The average Bonchev–Trinajstić information content (AvgIpc) is 3.42. The van der Waals surface area contributed by atoms with Crippen LogP contribution < -0.4 is 10.6 Å². The molecule has 0 radical (unpaired) electrons. The molecule has 4 N–H and O–H groups in total. The van der Waals surface area contributed by atoms with Crippen LogP contribution in [0.4, 0.5) is 11.6 Å². The molecule has 26 heavy (non-hydrogen) atoms. The summed E-state index contributed by atoms with van der Waals surface area (Å²) in [5.41, 5.74) is 6.54. The van der Waals surface area contributed by atoms with Crippen molar-refractivity contribution in [1.29, 1.82) is 0 Å². The first-order valence-corrected chi connectivity index (χ1v) is 8.14. The third kappa shape index (κ3) is 3.49. The van der Waals surface area contributed by atoms with Crippen molar-refractivity contribution in [1.82, 2.24) is 9.97 Å². The van der Waals surface area contributed by atoms with E-state index >= 15 is 0 Å². The summed E-state index contributed by atoms with van der Waals surface area (Å²) in [5, 5.41) is 19.9. The first-order chi connectivity index (χ1) is 12.5. The van der Waals surface area contributed by atoms with E-state index in [1.54, 1.807) is 11.8 Å². The number of esters is 1. The van der Waals surface area contributed by atoms with E-state index in [-0.39, 0.29) is 12.6 Å². The topological polar surface area (TPSA) is 140 Å². The molecule has 1 aliphatic carbocycles. The highest BCUT2D eigenvalue weighted by Crippen LogP contribution is 2.36. The summed E-state index contributed by atoms with van der Waals surface area (Å²) in [7, 11) is 1.24. The van der Waals surface area contributed by atoms with Crippen molar-refractivity contribution in [2.45, 2.75) is 37.5 Å². The number of aliphatic hydroxyl groups excluding tert-OH is 2. The standard InChI is InChI=1S/C16H22N4O6/c1-8-14(17)18-7-19-15(8)20(9-3-4-9)16-13(25-6-11(22)24-2)12(23)10(5-21)26-16/h3-4,7,9-10,12-13,16,21,23H,5-6H2,1-2H3,(H2,17,18,19)/t10-,12?,13?,16-/m1/s1. The van der Waals surface area contributed by atoms with Gasteiger partial charge in [0.25, 0.3) is 0 Å². The van der Waals surface area contributed by atoms with Gasteiger partial charge >= 0.3 is 5.97 Å². The second kappa shape index (κ2) is 7.54. The van der Waals surface area contributed by atoms with Crippen LogP contribution in [0.2, 0.25) is 0 Å². The van der Waals surface area contributed by atoms with Crippen LogP contribution in [-0.4, -0.2) is 77.1 Å². The molecule has 0 amide bonds. The second-order valence-electron chi connectivity index (χ2n) is 6.08. The number of nitrogens with zero attached hydrogens (tertiary/aromatic N) is 3. The molecule has 1 aromatic rings. The van der Waals surface area contributed by atoms with E-state index in [1.165, 1.54) is 13.4 Å². The summed E-state index contributed by atoms with van der Waals surface area (Å²) < 4.78 is 16.0. The molecular formula is C16H22N4O6. The number of hydrogen-bond donors (Lipinski definition) is 3. The minimum Gasteiger partial charge on any atom is -0.467 e. The number of ether oxygens (including phenoxy) is 3. The molecule has 1 fully saturated rings. The predicted octanol–water partition coefficient (Wildman–Crippen LogP) is -1.25. The van der Waals surface area contributed by atoms with Gasteiger partial charge in [-0.1, -0.05) is 12.2 Å². The van der Waals surface area contributed by atoms with E-state index in [9.17, 15) is 15.0 Å². The molecule has 3 rings (SSSR count). The van der Waals surface area contributed by atoms with Gasteiger partial charge in [0.2, 0.25) is 0 Å². The maximum Gasteiger partial charge on any atom is 0.331 e. The summed E-state index contributed by atoms with van der Waals surface area (Å²) in [5.74, 6) is 0.266. The summed E-state index contributed by atoms with van der Waals surface area (Å²) in [4.78, 5) is 21.5. The van der Waals surface area contributed by atoms with E-state index in [0.717, 1.165) is 0 Å². The van der Waals surface area contributed by atoms with Crippen molar-refractivity contribution in [3.63, 3.8) is 0 Å². The Morgan fingerprint density at radius 1 is 1.42 bits per heavy atom. The normalized spacial score (nSPS) is 27.5. The number of carbonyl (C=O) groups is 1. The van der Waals surface area contributed by atoms with E-state index in [1.807, 2.05) is 12.2 Å². The Bertz CT molecular complexity index is 693. The van der Waals surface area contributed by atoms with Crippen LogP contribution >= 0.6 is 0 Å². The number of nitrogen functional groups attached to an aromatic ring is 1. The molecule has 0 saturated carbocycles. The number of hydrogen-bond acceptors (Lipinski definition) is 10. The average molecular weight is 366 g/mol. The number of aliphatic hydroxyl groups is 2. The van der Waals surface area contributed by atoms with Crippen LogP contribution in [0.25, 0.3) is 0 Å². The van der Waals surface area contributed by atoms with Crippen molar-refractivity contribution < 1.29 is 29.2 Å². The van der Waals surface area contributed by atoms with E-state index < -0.39 is 37.1 Å². The molecule has 1 aliphatic heterocycles. The van der Waals surface area contributed by atoms with E-state index in [0.29, 0.717) is 17.2 Å². The number of anilines is 2. The SMILES string of the molecule is COC(=O)COC1C(O)[C@@H](CO)O[C@H]1N(c1ncnc(N)c1C)C1C=C1. The molecule has 142 valence electrons. The molecule has 4 atom stereocenters. The molecule has 10 nitrogen and oxygen atoms in total. The van der Waals surface area contributed by atoms with Crippen LogP contribution in [0.5, 0.6) is 0 Å². The number of methoxy groups -OCH3 is 1. The molecule has 2 heterocycles. The first-order valence-electron chi connectivity index (χ1n) is 8.14. The number of aromatic nitrogens is 2. The Hall–Kier alpha value is -2.27. The summed E-state index contributed by atoms with van der Waals surface area (Å²) >= 11 is 0. The van der Waals surface area contributed by atoms with Crippen molar-refractivity contribution in [3.8, 4) is 0 Å². The molecule has 1 aromatic heterocycles. The van der Waals surface area contributed by atoms with Crippen LogP contribution in [0.15, 0.2) is 18.5 Å². The molecule has 2 aliphatic rings. The van der Waals surface area contributed by atoms with E-state index in [4.69, 9.17) is 15.2 Å². The van der Waals surface area contributed by atoms with Crippen molar-refractivity contribution in [3.05, 3.63) is 24.0 Å². The van der Waals surface area contributed by atoms with Crippen LogP contribution in [0, 0.1) is 6.92 Å². The van der Waals surface area contributed by atoms with Crippen LogP contribution in [-0.2, 0) is 19.0 Å². The zero-order chi connectivity index (χ0) is 18.8. The maximum atomic E-state index is 11.4. The van der Waals surface area contributed by atoms with Gasteiger partial charge < -0.3 is 35.1 Å². The van der Waals surface area contributed by atoms with Crippen LogP contribution in [0.3, 0.4) is 0 Å². The highest BCUT2D eigenvalue weighted by Gasteiger charge is 2.50. The Morgan fingerprint density at radius 3 is 2.77 bits per heavy atom. The number of nitrogens with two attached hydrogens (primary N) is 1. The zero-order valence-electron chi connectivity index (χ0n) is 14.5. The summed E-state index contributed by atoms with van der Waals surface area (Å²) in [6, 6.07) is -0.109. The highest BCUT2D eigenvalue weighted by molar-refractivity contribution is 5.70. The van der Waals surface area contributed by atoms with Crippen molar-refractivity contribution >= 4 is 17.6 Å². The lowest BCUT2D eigenvalue weighted by molar-refractivity contribution is -0.150. The molecular weight excluding hydrogens is 344 g/mol. The Labute approximate surface area is 150 Å². The van der Waals surface area contributed by atoms with Gasteiger partial charge in [0.15, 0.2) is 6.23 Å². The number of carbonyl (C=O) groups excluding carboxylic acids is 1. The fourth-order valence-corrected chi connectivity index (χ4v) is 2.88. The number of rotatable bonds is 7. The fourth-order valence-electron chi connectivity index (χ4n) is 2.88. The zero-order valence-corrected chi connectivity index (χ0v) is 14.5. The van der Waals surface area contributed by atoms with Gasteiger partial charge in [-0.25, -0.2) is 14.8 Å². The lowest BCUT2D eigenvalue weighted by atomic mass is 10.1. The van der Waals surface area contributed by atoms with Gasteiger partial charge in [0.1, 0.15) is 42.9 Å². The largest absolute Gasteiger partial charge is 0.467 e. The summed E-state index contributed by atoms with van der Waals surface area (Å²) in [6.45, 7) is 1.03. The minimum absolute atomic E-state index is 0.109. The van der Waals surface area contributed by atoms with Gasteiger partial charge in [-0.15, -0.1) is 0 Å². The van der Waals surface area contributed by atoms with Gasteiger partial charge in [-0.05, 0) is 6.92 Å². The van der Waals surface area contributed by atoms with Gasteiger partial charge in [-0.3, -0.25) is 0 Å². The molecule has 1 saturated heterocycles. The molecule has 2 unspecified atom stereocenters. The minimum atomic E-state index is -1.13. The quantitative estimate of drug-likeness (QED) is 0.396. The summed E-state index contributed by atoms with van der Waals surface area (Å²) in [6.07, 6.45) is 1.49. The third-order valence-electron chi connectivity index (χ3n) is 4.42. The first kappa shape index (κ1) is 18.5. The lowest BCUT2D eigenvalue weighted by Crippen LogP contribution is -2.48. The Kier molecular flexibility index (Phi) is 5.37. The van der Waals surface area contributed by atoms with Gasteiger partial charge in [0.05, 0.1) is 19.8 Å². The lowest BCUT2D eigenvalue weighted by Gasteiger charge is -2.34. The van der Waals surface area contributed by atoms with Crippen molar-refractivity contribution in [2.75, 3.05) is 31.0 Å². The third-order valence-corrected chi connectivity index (χ3v) is 4.42. The molecule has 0 bridgehead atoms. The second-order valence-corrected chi connectivity index (χ2v) is 6.08. The smallest absolute Gasteiger partial charge is 0.331 e. The molecule has 0 aromatic carbocycles. The van der Waals surface area contributed by atoms with Crippen molar-refractivity contribution in [2.24, 2.45) is 0 Å².